The van der Waals surface area contributed by atoms with E-state index in [1.165, 1.54) is 11.1 Å². The third-order valence-corrected chi connectivity index (χ3v) is 2.85. The molecule has 16 heavy (non-hydrogen) atoms. The van der Waals surface area contributed by atoms with Crippen LogP contribution < -0.4 is 0 Å². The molecule has 0 heterocycles. The Balaban J connectivity index is 2.34. The number of aromatic hydroxyl groups is 1. The zero-order chi connectivity index (χ0) is 11.4. The van der Waals surface area contributed by atoms with E-state index in [0.717, 1.165) is 18.4 Å². The SMILES string of the molecule is CCc1cccc(O)c1Cc1ccccc1. The van der Waals surface area contributed by atoms with Crippen LogP contribution in [0.1, 0.15) is 23.6 Å². The summed E-state index contributed by atoms with van der Waals surface area (Å²) in [6.45, 7) is 2.11. The third kappa shape index (κ3) is 2.25. The first kappa shape index (κ1) is 10.7. The largest absolute Gasteiger partial charge is 0.508 e. The lowest BCUT2D eigenvalue weighted by Crippen LogP contribution is -1.94. The Morgan fingerprint density at radius 2 is 1.69 bits per heavy atom. The Morgan fingerprint density at radius 3 is 2.38 bits per heavy atom. The maximum absolute atomic E-state index is 9.88. The van der Waals surface area contributed by atoms with Gasteiger partial charge in [0, 0.05) is 12.0 Å². The Kier molecular flexibility index (Phi) is 3.25. The van der Waals surface area contributed by atoms with Crippen molar-refractivity contribution in [2.75, 3.05) is 0 Å². The molecule has 0 aliphatic carbocycles. The molecular formula is C15H16O. The minimum Gasteiger partial charge on any atom is -0.508 e. The predicted octanol–water partition coefficient (Wildman–Crippen LogP) is 3.55. The highest BCUT2D eigenvalue weighted by Gasteiger charge is 2.06. The monoisotopic (exact) mass is 212 g/mol. The highest BCUT2D eigenvalue weighted by Crippen LogP contribution is 2.24. The van der Waals surface area contributed by atoms with Gasteiger partial charge >= 0.3 is 0 Å². The maximum atomic E-state index is 9.88. The summed E-state index contributed by atoms with van der Waals surface area (Å²) in [5, 5.41) is 9.88. The van der Waals surface area contributed by atoms with Crippen LogP contribution in [0, 0.1) is 0 Å². The minimum atomic E-state index is 0.406. The smallest absolute Gasteiger partial charge is 0.119 e. The normalized spacial score (nSPS) is 10.3. The van der Waals surface area contributed by atoms with Crippen molar-refractivity contribution in [2.24, 2.45) is 0 Å². The van der Waals surface area contributed by atoms with E-state index >= 15 is 0 Å². The van der Waals surface area contributed by atoms with Crippen LogP contribution >= 0.6 is 0 Å². The van der Waals surface area contributed by atoms with Gasteiger partial charge in [-0.3, -0.25) is 0 Å². The second-order valence-corrected chi connectivity index (χ2v) is 3.93. The minimum absolute atomic E-state index is 0.406. The van der Waals surface area contributed by atoms with Crippen LogP contribution in [0.15, 0.2) is 48.5 Å². The average molecular weight is 212 g/mol. The Bertz CT molecular complexity index is 460. The molecular weight excluding hydrogens is 196 g/mol. The zero-order valence-electron chi connectivity index (χ0n) is 9.48. The zero-order valence-corrected chi connectivity index (χ0v) is 9.48. The molecule has 1 heteroatoms. The third-order valence-electron chi connectivity index (χ3n) is 2.85. The van der Waals surface area contributed by atoms with Crippen LogP contribution in [0.4, 0.5) is 0 Å². The molecule has 82 valence electrons. The van der Waals surface area contributed by atoms with Gasteiger partial charge in [0.05, 0.1) is 0 Å². The van der Waals surface area contributed by atoms with Gasteiger partial charge in [-0.2, -0.15) is 0 Å². The topological polar surface area (TPSA) is 20.2 Å². The molecule has 1 nitrogen and oxygen atoms in total. The summed E-state index contributed by atoms with van der Waals surface area (Å²) in [7, 11) is 0. The van der Waals surface area contributed by atoms with Crippen LogP contribution in [-0.2, 0) is 12.8 Å². The lowest BCUT2D eigenvalue weighted by atomic mass is 9.97. The highest BCUT2D eigenvalue weighted by molar-refractivity contribution is 5.42. The Labute approximate surface area is 96.4 Å². The molecule has 0 atom stereocenters. The van der Waals surface area contributed by atoms with Crippen LogP contribution in [-0.4, -0.2) is 5.11 Å². The molecule has 0 aromatic heterocycles. The lowest BCUT2D eigenvalue weighted by molar-refractivity contribution is 0.468. The molecule has 0 amide bonds. The highest BCUT2D eigenvalue weighted by atomic mass is 16.3. The molecule has 0 saturated carbocycles. The molecule has 0 fully saturated rings. The van der Waals surface area contributed by atoms with E-state index < -0.39 is 0 Å². The van der Waals surface area contributed by atoms with E-state index in [4.69, 9.17) is 0 Å². The summed E-state index contributed by atoms with van der Waals surface area (Å²) in [5.74, 6) is 0.406. The molecule has 0 radical (unpaired) electrons. The number of hydrogen-bond donors (Lipinski definition) is 1. The summed E-state index contributed by atoms with van der Waals surface area (Å²) in [4.78, 5) is 0. The van der Waals surface area contributed by atoms with Gasteiger partial charge in [0.25, 0.3) is 0 Å². The Hall–Kier alpha value is -1.76. The first-order valence-corrected chi connectivity index (χ1v) is 5.65. The molecule has 0 aliphatic heterocycles. The van der Waals surface area contributed by atoms with Gasteiger partial charge in [0.1, 0.15) is 5.75 Å². The van der Waals surface area contributed by atoms with Gasteiger partial charge in [0.15, 0.2) is 0 Å². The number of phenolic OH excluding ortho intramolecular Hbond substituents is 1. The molecule has 0 saturated heterocycles. The van der Waals surface area contributed by atoms with E-state index in [2.05, 4.69) is 25.1 Å². The number of aryl methyl sites for hydroxylation is 1. The number of hydrogen-bond acceptors (Lipinski definition) is 1. The molecule has 2 rings (SSSR count). The predicted molar refractivity (Wildman–Crippen MR) is 66.7 cm³/mol. The van der Waals surface area contributed by atoms with Crippen LogP contribution in [0.5, 0.6) is 5.75 Å². The van der Waals surface area contributed by atoms with E-state index in [-0.39, 0.29) is 0 Å². The van der Waals surface area contributed by atoms with Crippen molar-refractivity contribution in [1.29, 1.82) is 0 Å². The van der Waals surface area contributed by atoms with Gasteiger partial charge in [-0.25, -0.2) is 0 Å². The van der Waals surface area contributed by atoms with Crippen molar-refractivity contribution in [3.63, 3.8) is 0 Å². The molecule has 0 unspecified atom stereocenters. The summed E-state index contributed by atoms with van der Waals surface area (Å²) in [5.41, 5.74) is 3.51. The molecule has 0 aliphatic rings. The standard InChI is InChI=1S/C15H16O/c1-2-13-9-6-10-15(16)14(13)11-12-7-4-3-5-8-12/h3-10,16H,2,11H2,1H3. The second-order valence-electron chi connectivity index (χ2n) is 3.93. The second kappa shape index (κ2) is 4.84. The fourth-order valence-electron chi connectivity index (χ4n) is 1.96. The van der Waals surface area contributed by atoms with Crippen molar-refractivity contribution in [3.05, 3.63) is 65.2 Å². The van der Waals surface area contributed by atoms with Gasteiger partial charge in [0.2, 0.25) is 0 Å². The number of benzene rings is 2. The summed E-state index contributed by atoms with van der Waals surface area (Å²) in [6, 6.07) is 16.0. The molecule has 0 spiro atoms. The van der Waals surface area contributed by atoms with Crippen molar-refractivity contribution in [2.45, 2.75) is 19.8 Å². The van der Waals surface area contributed by atoms with E-state index in [1.54, 1.807) is 6.07 Å². The summed E-state index contributed by atoms with van der Waals surface area (Å²) in [6.07, 6.45) is 1.76. The molecule has 2 aromatic rings. The van der Waals surface area contributed by atoms with Crippen molar-refractivity contribution >= 4 is 0 Å². The van der Waals surface area contributed by atoms with Crippen molar-refractivity contribution < 1.29 is 5.11 Å². The van der Waals surface area contributed by atoms with E-state index in [1.807, 2.05) is 24.3 Å². The van der Waals surface area contributed by atoms with Crippen LogP contribution in [0.3, 0.4) is 0 Å². The molecule has 0 bridgehead atoms. The summed E-state index contributed by atoms with van der Waals surface area (Å²) >= 11 is 0. The quantitative estimate of drug-likeness (QED) is 0.825. The van der Waals surface area contributed by atoms with Crippen LogP contribution in [0.2, 0.25) is 0 Å². The summed E-state index contributed by atoms with van der Waals surface area (Å²) < 4.78 is 0. The van der Waals surface area contributed by atoms with Gasteiger partial charge in [-0.1, -0.05) is 49.4 Å². The lowest BCUT2D eigenvalue weighted by Gasteiger charge is -2.10. The average Bonchev–Trinajstić information content (AvgIpc) is 2.33. The molecule has 1 N–H and O–H groups in total. The fourth-order valence-corrected chi connectivity index (χ4v) is 1.96. The molecule has 2 aromatic carbocycles. The fraction of sp³-hybridized carbons (Fsp3) is 0.200. The first-order valence-electron chi connectivity index (χ1n) is 5.65. The van der Waals surface area contributed by atoms with E-state index in [9.17, 15) is 5.11 Å². The number of rotatable bonds is 3. The Morgan fingerprint density at radius 1 is 0.938 bits per heavy atom. The maximum Gasteiger partial charge on any atom is 0.119 e. The first-order chi connectivity index (χ1) is 7.81. The number of phenols is 1. The van der Waals surface area contributed by atoms with Gasteiger partial charge < -0.3 is 5.11 Å². The van der Waals surface area contributed by atoms with E-state index in [0.29, 0.717) is 5.75 Å². The van der Waals surface area contributed by atoms with Crippen molar-refractivity contribution in [1.82, 2.24) is 0 Å². The van der Waals surface area contributed by atoms with Gasteiger partial charge in [-0.15, -0.1) is 0 Å². The van der Waals surface area contributed by atoms with Crippen molar-refractivity contribution in [3.8, 4) is 5.75 Å². The van der Waals surface area contributed by atoms with Gasteiger partial charge in [-0.05, 0) is 23.6 Å². The van der Waals surface area contributed by atoms with Crippen LogP contribution in [0.25, 0.3) is 0 Å².